The molecule has 0 spiro atoms. The van der Waals surface area contributed by atoms with Crippen LogP contribution in [0, 0.1) is 5.92 Å². The second-order valence-corrected chi connectivity index (χ2v) is 4.54. The number of nitrogens with one attached hydrogen (secondary N) is 1. The van der Waals surface area contributed by atoms with E-state index in [-0.39, 0.29) is 17.8 Å². The number of methoxy groups -OCH3 is 3. The molecule has 104 valence electrons. The summed E-state index contributed by atoms with van der Waals surface area (Å²) < 4.78 is 15.4. The maximum atomic E-state index is 11.8. The summed E-state index contributed by atoms with van der Waals surface area (Å²) in [7, 11) is 4.65. The topological polar surface area (TPSA) is 56.8 Å². The molecule has 1 saturated heterocycles. The Kier molecular flexibility index (Phi) is 4.27. The summed E-state index contributed by atoms with van der Waals surface area (Å²) in [6, 6.07) is 5.70. The van der Waals surface area contributed by atoms with Gasteiger partial charge in [-0.3, -0.25) is 4.79 Å². The maximum absolute atomic E-state index is 11.8. The molecule has 2 rings (SSSR count). The number of carbonyl (C=O) groups is 1. The van der Waals surface area contributed by atoms with Gasteiger partial charge in [-0.2, -0.15) is 0 Å². The lowest BCUT2D eigenvalue weighted by molar-refractivity contribution is -0.145. The minimum absolute atomic E-state index is 0.0800. The lowest BCUT2D eigenvalue weighted by Gasteiger charge is -2.18. The van der Waals surface area contributed by atoms with Gasteiger partial charge in [0.05, 0.1) is 27.2 Å². The molecule has 0 amide bonds. The summed E-state index contributed by atoms with van der Waals surface area (Å²) in [6.45, 7) is 1.38. The highest BCUT2D eigenvalue weighted by Crippen LogP contribution is 2.34. The monoisotopic (exact) mass is 265 g/mol. The average Bonchev–Trinajstić information content (AvgIpc) is 2.95. The highest BCUT2D eigenvalue weighted by molar-refractivity contribution is 5.74. The van der Waals surface area contributed by atoms with Crippen LogP contribution in [0.1, 0.15) is 11.5 Å². The third kappa shape index (κ3) is 2.81. The quantitative estimate of drug-likeness (QED) is 0.828. The van der Waals surface area contributed by atoms with Gasteiger partial charge >= 0.3 is 5.97 Å². The molecule has 1 heterocycles. The molecule has 1 aromatic carbocycles. The van der Waals surface area contributed by atoms with Crippen LogP contribution in [0.4, 0.5) is 0 Å². The second-order valence-electron chi connectivity index (χ2n) is 4.54. The molecular weight excluding hydrogens is 246 g/mol. The smallest absolute Gasteiger partial charge is 0.310 e. The minimum Gasteiger partial charge on any atom is -0.497 e. The first kappa shape index (κ1) is 13.7. The van der Waals surface area contributed by atoms with Crippen molar-refractivity contribution < 1.29 is 19.0 Å². The van der Waals surface area contributed by atoms with Crippen LogP contribution in [0.2, 0.25) is 0 Å². The molecule has 0 aliphatic carbocycles. The average molecular weight is 265 g/mol. The van der Waals surface area contributed by atoms with Crippen molar-refractivity contribution in [3.05, 3.63) is 23.8 Å². The summed E-state index contributed by atoms with van der Waals surface area (Å²) in [5, 5.41) is 3.23. The van der Waals surface area contributed by atoms with Crippen molar-refractivity contribution in [2.24, 2.45) is 5.92 Å². The number of carbonyl (C=O) groups excluding carboxylic acids is 1. The minimum atomic E-state index is -0.184. The molecule has 5 nitrogen and oxygen atoms in total. The Hall–Kier alpha value is -1.75. The molecule has 1 fully saturated rings. The lowest BCUT2D eigenvalue weighted by atomic mass is 9.88. The fraction of sp³-hybridized carbons (Fsp3) is 0.500. The number of hydrogen-bond donors (Lipinski definition) is 1. The van der Waals surface area contributed by atoms with Crippen molar-refractivity contribution in [2.75, 3.05) is 34.4 Å². The summed E-state index contributed by atoms with van der Waals surface area (Å²) >= 11 is 0. The number of rotatable bonds is 4. The van der Waals surface area contributed by atoms with E-state index in [2.05, 4.69) is 5.32 Å². The lowest BCUT2D eigenvalue weighted by Crippen LogP contribution is -2.23. The van der Waals surface area contributed by atoms with Crippen LogP contribution in [0.25, 0.3) is 0 Å². The van der Waals surface area contributed by atoms with E-state index in [9.17, 15) is 4.79 Å². The zero-order valence-electron chi connectivity index (χ0n) is 11.4. The normalized spacial score (nSPS) is 22.1. The molecule has 0 radical (unpaired) electrons. The van der Waals surface area contributed by atoms with Crippen molar-refractivity contribution in [1.29, 1.82) is 0 Å². The molecule has 1 aliphatic heterocycles. The van der Waals surface area contributed by atoms with E-state index in [1.54, 1.807) is 14.2 Å². The van der Waals surface area contributed by atoms with Gasteiger partial charge in [0.25, 0.3) is 0 Å². The van der Waals surface area contributed by atoms with Crippen LogP contribution in [0.5, 0.6) is 11.5 Å². The van der Waals surface area contributed by atoms with E-state index in [1.165, 1.54) is 7.11 Å². The van der Waals surface area contributed by atoms with E-state index >= 15 is 0 Å². The van der Waals surface area contributed by atoms with Crippen LogP contribution < -0.4 is 14.8 Å². The Labute approximate surface area is 112 Å². The van der Waals surface area contributed by atoms with Crippen LogP contribution >= 0.6 is 0 Å². The molecule has 2 atom stereocenters. The zero-order chi connectivity index (χ0) is 13.8. The predicted octanol–water partition coefficient (Wildman–Crippen LogP) is 1.18. The first-order valence-corrected chi connectivity index (χ1v) is 6.21. The molecule has 1 aromatic rings. The molecule has 5 heteroatoms. The van der Waals surface area contributed by atoms with Crippen molar-refractivity contribution in [3.63, 3.8) is 0 Å². The van der Waals surface area contributed by atoms with E-state index in [1.807, 2.05) is 18.2 Å². The van der Waals surface area contributed by atoms with Gasteiger partial charge in [0.2, 0.25) is 0 Å². The first-order chi connectivity index (χ1) is 9.19. The van der Waals surface area contributed by atoms with Crippen LogP contribution in [0.3, 0.4) is 0 Å². The molecule has 0 aromatic heterocycles. The SMILES string of the molecule is COC(=O)[C@@H]1CNC[C@H]1c1cc(OC)cc(OC)c1. The van der Waals surface area contributed by atoms with Gasteiger partial charge in [-0.15, -0.1) is 0 Å². The number of hydrogen-bond acceptors (Lipinski definition) is 5. The Morgan fingerprint density at radius 1 is 1.11 bits per heavy atom. The highest BCUT2D eigenvalue weighted by atomic mass is 16.5. The van der Waals surface area contributed by atoms with Crippen molar-refractivity contribution in [1.82, 2.24) is 5.32 Å². The predicted molar refractivity (Wildman–Crippen MR) is 70.7 cm³/mol. The number of esters is 1. The summed E-state index contributed by atoms with van der Waals surface area (Å²) in [4.78, 5) is 11.8. The standard InChI is InChI=1S/C14H19NO4/c1-17-10-4-9(5-11(6-10)18-2)12-7-15-8-13(12)14(16)19-3/h4-6,12-13,15H,7-8H2,1-3H3/t12-,13+/m0/s1. The van der Waals surface area contributed by atoms with Gasteiger partial charge in [-0.25, -0.2) is 0 Å². The van der Waals surface area contributed by atoms with Gasteiger partial charge in [0.15, 0.2) is 0 Å². The largest absolute Gasteiger partial charge is 0.497 e. The number of ether oxygens (including phenoxy) is 3. The summed E-state index contributed by atoms with van der Waals surface area (Å²) in [5.74, 6) is 1.18. The van der Waals surface area contributed by atoms with Gasteiger partial charge in [0, 0.05) is 25.1 Å². The van der Waals surface area contributed by atoms with Gasteiger partial charge in [-0.1, -0.05) is 0 Å². The van der Waals surface area contributed by atoms with Gasteiger partial charge in [0.1, 0.15) is 11.5 Å². The van der Waals surface area contributed by atoms with Crippen LogP contribution in [0.15, 0.2) is 18.2 Å². The van der Waals surface area contributed by atoms with Crippen molar-refractivity contribution in [2.45, 2.75) is 5.92 Å². The van der Waals surface area contributed by atoms with Crippen LogP contribution in [-0.2, 0) is 9.53 Å². The van der Waals surface area contributed by atoms with Gasteiger partial charge < -0.3 is 19.5 Å². The second kappa shape index (κ2) is 5.93. The zero-order valence-corrected chi connectivity index (χ0v) is 11.4. The third-order valence-electron chi connectivity index (χ3n) is 3.52. The molecule has 0 bridgehead atoms. The molecule has 0 unspecified atom stereocenters. The Morgan fingerprint density at radius 2 is 1.74 bits per heavy atom. The van der Waals surface area contributed by atoms with Crippen molar-refractivity contribution >= 4 is 5.97 Å². The van der Waals surface area contributed by atoms with Gasteiger partial charge in [-0.05, 0) is 17.7 Å². The third-order valence-corrected chi connectivity index (χ3v) is 3.52. The Morgan fingerprint density at radius 3 is 2.26 bits per heavy atom. The van der Waals surface area contributed by atoms with Crippen LogP contribution in [-0.4, -0.2) is 40.4 Å². The van der Waals surface area contributed by atoms with E-state index < -0.39 is 0 Å². The summed E-state index contributed by atoms with van der Waals surface area (Å²) in [5.41, 5.74) is 1.02. The fourth-order valence-electron chi connectivity index (χ4n) is 2.47. The molecule has 1 N–H and O–H groups in total. The molecule has 0 saturated carbocycles. The molecule has 19 heavy (non-hydrogen) atoms. The summed E-state index contributed by atoms with van der Waals surface area (Å²) in [6.07, 6.45) is 0. The van der Waals surface area contributed by atoms with E-state index in [0.717, 1.165) is 23.6 Å². The molecule has 1 aliphatic rings. The fourth-order valence-corrected chi connectivity index (χ4v) is 2.47. The number of benzene rings is 1. The Balaban J connectivity index is 2.31. The van der Waals surface area contributed by atoms with Crippen molar-refractivity contribution in [3.8, 4) is 11.5 Å². The van der Waals surface area contributed by atoms with E-state index in [0.29, 0.717) is 6.54 Å². The molecular formula is C14H19NO4. The van der Waals surface area contributed by atoms with E-state index in [4.69, 9.17) is 14.2 Å². The Bertz CT molecular complexity index is 439. The first-order valence-electron chi connectivity index (χ1n) is 6.21. The maximum Gasteiger partial charge on any atom is 0.310 e. The highest BCUT2D eigenvalue weighted by Gasteiger charge is 2.35.